The molecule has 3 N–H and O–H groups in total. The van der Waals surface area contributed by atoms with Gasteiger partial charge in [0.1, 0.15) is 0 Å². The van der Waals surface area contributed by atoms with Crippen LogP contribution in [0.2, 0.25) is 0 Å². The van der Waals surface area contributed by atoms with Crippen LogP contribution < -0.4 is 11.1 Å². The Hall–Kier alpha value is -1.63. The van der Waals surface area contributed by atoms with E-state index in [4.69, 9.17) is 10.5 Å². The number of likely N-dealkylation sites (N-methyl/N-ethyl adjacent to an activating group) is 1. The van der Waals surface area contributed by atoms with E-state index in [-0.39, 0.29) is 6.04 Å². The van der Waals surface area contributed by atoms with Crippen molar-refractivity contribution < 1.29 is 4.74 Å². The third-order valence-corrected chi connectivity index (χ3v) is 4.58. The summed E-state index contributed by atoms with van der Waals surface area (Å²) in [5, 5.41) is 3.14. The Morgan fingerprint density at radius 3 is 2.84 bits per heavy atom. The van der Waals surface area contributed by atoms with Gasteiger partial charge in [-0.3, -0.25) is 9.89 Å². The highest BCUT2D eigenvalue weighted by atomic mass is 16.5. The van der Waals surface area contributed by atoms with Gasteiger partial charge in [0.25, 0.3) is 0 Å². The summed E-state index contributed by atoms with van der Waals surface area (Å²) in [6.45, 7) is 7.72. The molecule has 2 unspecified atom stereocenters. The Kier molecular flexibility index (Phi) is 8.18. The van der Waals surface area contributed by atoms with E-state index in [1.165, 1.54) is 5.56 Å². The van der Waals surface area contributed by atoms with Crippen LogP contribution >= 0.6 is 0 Å². The summed E-state index contributed by atoms with van der Waals surface area (Å²) in [5.41, 5.74) is 7.32. The second-order valence-electron chi connectivity index (χ2n) is 6.85. The van der Waals surface area contributed by atoms with Gasteiger partial charge in [-0.05, 0) is 26.0 Å². The maximum absolute atomic E-state index is 5.92. The lowest BCUT2D eigenvalue weighted by Crippen LogP contribution is -2.47. The maximum atomic E-state index is 5.92. The van der Waals surface area contributed by atoms with Crippen molar-refractivity contribution in [2.75, 3.05) is 53.5 Å². The maximum Gasteiger partial charge on any atom is 0.188 e. The van der Waals surface area contributed by atoms with Gasteiger partial charge < -0.3 is 20.7 Å². The van der Waals surface area contributed by atoms with Gasteiger partial charge >= 0.3 is 0 Å². The molecule has 0 spiro atoms. The quantitative estimate of drug-likeness (QED) is 0.422. The number of methoxy groups -OCH3 is 1. The van der Waals surface area contributed by atoms with E-state index < -0.39 is 0 Å². The Morgan fingerprint density at radius 2 is 2.12 bits per heavy atom. The van der Waals surface area contributed by atoms with Crippen LogP contribution in [0.4, 0.5) is 0 Å². The van der Waals surface area contributed by atoms with Gasteiger partial charge in [-0.2, -0.15) is 0 Å². The van der Waals surface area contributed by atoms with E-state index >= 15 is 0 Å². The molecule has 1 saturated heterocycles. The van der Waals surface area contributed by atoms with Gasteiger partial charge in [0, 0.05) is 51.9 Å². The summed E-state index contributed by atoms with van der Waals surface area (Å²) in [6, 6.07) is 11.4. The van der Waals surface area contributed by atoms with Gasteiger partial charge in [0.05, 0.1) is 6.61 Å². The lowest BCUT2D eigenvalue weighted by Gasteiger charge is -2.40. The molecule has 6 heteroatoms. The Labute approximate surface area is 152 Å². The minimum absolute atomic E-state index is 0.175. The number of nitrogens with two attached hydrogens (primary N) is 1. The van der Waals surface area contributed by atoms with Gasteiger partial charge in [0.15, 0.2) is 5.96 Å². The predicted molar refractivity (Wildman–Crippen MR) is 104 cm³/mol. The molecule has 2 atom stereocenters. The molecular formula is C19H33N5O. The van der Waals surface area contributed by atoms with Crippen molar-refractivity contribution >= 4 is 5.96 Å². The van der Waals surface area contributed by atoms with Crippen LogP contribution in [0.3, 0.4) is 0 Å². The Morgan fingerprint density at radius 1 is 1.36 bits per heavy atom. The summed E-state index contributed by atoms with van der Waals surface area (Å²) in [4.78, 5) is 9.41. The highest BCUT2D eigenvalue weighted by molar-refractivity contribution is 5.78. The zero-order chi connectivity index (χ0) is 18.1. The molecule has 6 nitrogen and oxygen atoms in total. The van der Waals surface area contributed by atoms with E-state index in [0.717, 1.165) is 39.1 Å². The molecule has 1 heterocycles. The van der Waals surface area contributed by atoms with Crippen LogP contribution in [0.1, 0.15) is 24.9 Å². The van der Waals surface area contributed by atoms with Crippen molar-refractivity contribution in [1.29, 1.82) is 0 Å². The molecule has 140 valence electrons. The molecule has 1 aromatic carbocycles. The average molecular weight is 348 g/mol. The minimum atomic E-state index is 0.175. The van der Waals surface area contributed by atoms with Crippen LogP contribution in [0.5, 0.6) is 0 Å². The molecule has 0 amide bonds. The topological polar surface area (TPSA) is 66.1 Å². The molecule has 1 aliphatic rings. The summed E-state index contributed by atoms with van der Waals surface area (Å²) in [7, 11) is 3.88. The number of benzene rings is 1. The Bertz CT molecular complexity index is 522. The van der Waals surface area contributed by atoms with Crippen molar-refractivity contribution in [3.05, 3.63) is 35.9 Å². The van der Waals surface area contributed by atoms with E-state index in [1.54, 1.807) is 7.11 Å². The summed E-state index contributed by atoms with van der Waals surface area (Å²) in [5.74, 6) is 0.502. The second-order valence-corrected chi connectivity index (χ2v) is 6.85. The smallest absolute Gasteiger partial charge is 0.188 e. The van der Waals surface area contributed by atoms with E-state index in [9.17, 15) is 0 Å². The van der Waals surface area contributed by atoms with Crippen molar-refractivity contribution in [3.63, 3.8) is 0 Å². The first-order chi connectivity index (χ1) is 12.1. The van der Waals surface area contributed by atoms with Crippen LogP contribution in [0.15, 0.2) is 35.3 Å². The van der Waals surface area contributed by atoms with Crippen LogP contribution in [0, 0.1) is 0 Å². The molecule has 2 rings (SSSR count). The number of nitrogens with one attached hydrogen (secondary N) is 1. The number of rotatable bonds is 8. The standard InChI is InChI=1S/C19H33N5O/c1-16(15-25-3)22-19(20)21-10-7-11-24-13-12-23(2)14-18(24)17-8-5-4-6-9-17/h4-6,8-9,16,18H,7,10-15H2,1-3H3,(H3,20,21,22). The highest BCUT2D eigenvalue weighted by Gasteiger charge is 2.25. The highest BCUT2D eigenvalue weighted by Crippen LogP contribution is 2.24. The first-order valence-corrected chi connectivity index (χ1v) is 9.13. The summed E-state index contributed by atoms with van der Waals surface area (Å²) in [6.07, 6.45) is 1.01. The fourth-order valence-corrected chi connectivity index (χ4v) is 3.28. The van der Waals surface area contributed by atoms with Crippen molar-refractivity contribution in [3.8, 4) is 0 Å². The third kappa shape index (κ3) is 6.65. The molecule has 0 bridgehead atoms. The molecule has 0 aliphatic carbocycles. The first kappa shape index (κ1) is 19.7. The molecular weight excluding hydrogens is 314 g/mol. The number of aliphatic imine (C=N–C) groups is 1. The number of guanidine groups is 1. The van der Waals surface area contributed by atoms with Gasteiger partial charge in [-0.15, -0.1) is 0 Å². The summed E-state index contributed by atoms with van der Waals surface area (Å²) >= 11 is 0. The number of nitrogens with zero attached hydrogens (tertiary/aromatic N) is 3. The van der Waals surface area contributed by atoms with Gasteiger partial charge in [-0.1, -0.05) is 30.3 Å². The first-order valence-electron chi connectivity index (χ1n) is 9.13. The van der Waals surface area contributed by atoms with Crippen molar-refractivity contribution in [2.45, 2.75) is 25.4 Å². The summed E-state index contributed by atoms with van der Waals surface area (Å²) < 4.78 is 5.09. The van der Waals surface area contributed by atoms with Crippen LogP contribution in [-0.2, 0) is 4.74 Å². The zero-order valence-corrected chi connectivity index (χ0v) is 15.8. The SMILES string of the molecule is COCC(C)NC(N)=NCCCN1CCN(C)CC1c1ccccc1. The lowest BCUT2D eigenvalue weighted by atomic mass is 10.0. The molecule has 1 fully saturated rings. The van der Waals surface area contributed by atoms with Crippen LogP contribution in [-0.4, -0.2) is 75.3 Å². The monoisotopic (exact) mass is 347 g/mol. The lowest BCUT2D eigenvalue weighted by molar-refractivity contribution is 0.0894. The Balaban J connectivity index is 1.82. The van der Waals surface area contributed by atoms with Crippen molar-refractivity contribution in [2.24, 2.45) is 10.7 Å². The predicted octanol–water partition coefficient (Wildman–Crippen LogP) is 1.30. The number of hydrogen-bond donors (Lipinski definition) is 2. The molecule has 0 saturated carbocycles. The van der Waals surface area contributed by atoms with Crippen LogP contribution in [0.25, 0.3) is 0 Å². The van der Waals surface area contributed by atoms with E-state index in [1.807, 2.05) is 6.92 Å². The molecule has 1 aliphatic heterocycles. The van der Waals surface area contributed by atoms with Gasteiger partial charge in [-0.25, -0.2) is 0 Å². The normalized spacial score (nSPS) is 21.2. The number of ether oxygens (including phenoxy) is 1. The molecule has 1 aromatic rings. The van der Waals surface area contributed by atoms with Gasteiger partial charge in [0.2, 0.25) is 0 Å². The third-order valence-electron chi connectivity index (χ3n) is 4.58. The molecule has 25 heavy (non-hydrogen) atoms. The fraction of sp³-hybridized carbons (Fsp3) is 0.632. The average Bonchev–Trinajstić information content (AvgIpc) is 2.60. The largest absolute Gasteiger partial charge is 0.383 e. The van der Waals surface area contributed by atoms with Crippen molar-refractivity contribution in [1.82, 2.24) is 15.1 Å². The zero-order valence-electron chi connectivity index (χ0n) is 15.8. The second kappa shape index (κ2) is 10.4. The molecule has 0 radical (unpaired) electrons. The number of piperazine rings is 1. The minimum Gasteiger partial charge on any atom is -0.383 e. The molecule has 0 aromatic heterocycles. The number of hydrogen-bond acceptors (Lipinski definition) is 4. The van der Waals surface area contributed by atoms with E-state index in [0.29, 0.717) is 18.6 Å². The van der Waals surface area contributed by atoms with E-state index in [2.05, 4.69) is 57.5 Å². The fourth-order valence-electron chi connectivity index (χ4n) is 3.28.